The molecule has 0 saturated heterocycles. The molecule has 0 radical (unpaired) electrons. The van der Waals surface area contributed by atoms with Crippen LogP contribution in [0.1, 0.15) is 17.2 Å². The van der Waals surface area contributed by atoms with Crippen molar-refractivity contribution in [3.05, 3.63) is 65.7 Å². The lowest BCUT2D eigenvalue weighted by Gasteiger charge is -2.12. The van der Waals surface area contributed by atoms with Crippen molar-refractivity contribution in [3.63, 3.8) is 0 Å². The summed E-state index contributed by atoms with van der Waals surface area (Å²) >= 11 is 0. The van der Waals surface area contributed by atoms with Gasteiger partial charge in [0.2, 0.25) is 0 Å². The lowest BCUT2D eigenvalue weighted by molar-refractivity contribution is 0.293. The van der Waals surface area contributed by atoms with Gasteiger partial charge < -0.3 is 5.73 Å². The minimum Gasteiger partial charge on any atom is -0.322 e. The molecule has 0 fully saturated rings. The number of benzene rings is 2. The Morgan fingerprint density at radius 3 is 2.25 bits per heavy atom. The summed E-state index contributed by atoms with van der Waals surface area (Å²) in [5.41, 5.74) is 7.75. The monoisotopic (exact) mass is 291 g/mol. The van der Waals surface area contributed by atoms with E-state index in [1.54, 1.807) is 12.1 Å². The van der Waals surface area contributed by atoms with Crippen molar-refractivity contribution in [2.75, 3.05) is 6.61 Å². The zero-order valence-electron chi connectivity index (χ0n) is 11.2. The third-order valence-corrected chi connectivity index (χ3v) is 4.24. The maximum absolute atomic E-state index is 12.0. The van der Waals surface area contributed by atoms with E-state index in [0.717, 1.165) is 11.1 Å². The van der Waals surface area contributed by atoms with Crippen LogP contribution in [0.4, 0.5) is 0 Å². The topological polar surface area (TPSA) is 69.4 Å². The molecule has 5 heteroatoms. The smallest absolute Gasteiger partial charge is 0.297 e. The van der Waals surface area contributed by atoms with Gasteiger partial charge in [-0.2, -0.15) is 8.42 Å². The van der Waals surface area contributed by atoms with Crippen molar-refractivity contribution in [2.45, 2.75) is 17.9 Å². The molecule has 2 aromatic rings. The summed E-state index contributed by atoms with van der Waals surface area (Å²) in [5.74, 6) is 0. The molecule has 0 saturated carbocycles. The molecular formula is C15H17NO3S. The predicted molar refractivity (Wildman–Crippen MR) is 77.7 cm³/mol. The summed E-state index contributed by atoms with van der Waals surface area (Å²) in [7, 11) is -3.76. The number of aryl methyl sites for hydroxylation is 1. The van der Waals surface area contributed by atoms with Crippen molar-refractivity contribution in [1.29, 1.82) is 0 Å². The van der Waals surface area contributed by atoms with E-state index >= 15 is 0 Å². The van der Waals surface area contributed by atoms with Gasteiger partial charge >= 0.3 is 0 Å². The molecule has 0 bridgehead atoms. The van der Waals surface area contributed by atoms with Gasteiger partial charge in [0.05, 0.1) is 17.5 Å². The molecule has 2 N–H and O–H groups in total. The van der Waals surface area contributed by atoms with Crippen LogP contribution in [0.3, 0.4) is 0 Å². The van der Waals surface area contributed by atoms with Gasteiger partial charge in [-0.05, 0) is 24.6 Å². The van der Waals surface area contributed by atoms with Gasteiger partial charge in [-0.15, -0.1) is 0 Å². The predicted octanol–water partition coefficient (Wildman–Crippen LogP) is 2.40. The minimum atomic E-state index is -3.76. The molecule has 0 heterocycles. The van der Waals surface area contributed by atoms with Crippen molar-refractivity contribution < 1.29 is 12.6 Å². The second kappa shape index (κ2) is 6.17. The second-order valence-electron chi connectivity index (χ2n) is 4.57. The Balaban J connectivity index is 2.04. The van der Waals surface area contributed by atoms with Crippen LogP contribution in [0.15, 0.2) is 59.5 Å². The van der Waals surface area contributed by atoms with Gasteiger partial charge in [0, 0.05) is 0 Å². The van der Waals surface area contributed by atoms with Crippen LogP contribution in [0.25, 0.3) is 0 Å². The molecule has 1 atom stereocenters. The zero-order valence-corrected chi connectivity index (χ0v) is 12.0. The van der Waals surface area contributed by atoms with Gasteiger partial charge in [-0.1, -0.05) is 48.0 Å². The van der Waals surface area contributed by atoms with Crippen molar-refractivity contribution in [2.24, 2.45) is 5.73 Å². The molecule has 4 nitrogen and oxygen atoms in total. The van der Waals surface area contributed by atoms with E-state index < -0.39 is 16.2 Å². The third-order valence-electron chi connectivity index (χ3n) is 2.94. The van der Waals surface area contributed by atoms with E-state index in [2.05, 4.69) is 0 Å². The largest absolute Gasteiger partial charge is 0.322 e. The Morgan fingerprint density at radius 2 is 1.65 bits per heavy atom. The van der Waals surface area contributed by atoms with E-state index in [9.17, 15) is 8.42 Å². The first-order chi connectivity index (χ1) is 9.49. The normalized spacial score (nSPS) is 13.1. The van der Waals surface area contributed by atoms with Crippen LogP contribution in [-0.4, -0.2) is 15.0 Å². The molecule has 0 amide bonds. The van der Waals surface area contributed by atoms with Crippen LogP contribution in [-0.2, 0) is 14.3 Å². The Hall–Kier alpha value is -1.69. The molecule has 0 aliphatic carbocycles. The van der Waals surface area contributed by atoms with Crippen LogP contribution >= 0.6 is 0 Å². The van der Waals surface area contributed by atoms with Gasteiger partial charge in [-0.3, -0.25) is 4.18 Å². The Kier molecular flexibility index (Phi) is 4.54. The number of rotatable bonds is 5. The molecule has 2 aromatic carbocycles. The summed E-state index contributed by atoms with van der Waals surface area (Å²) in [5, 5.41) is 0. The van der Waals surface area contributed by atoms with Crippen molar-refractivity contribution in [3.8, 4) is 0 Å². The first-order valence-corrected chi connectivity index (χ1v) is 7.66. The van der Waals surface area contributed by atoms with Gasteiger partial charge in [0.25, 0.3) is 10.1 Å². The molecule has 0 aliphatic rings. The Labute approximate surface area is 119 Å². The first kappa shape index (κ1) is 14.7. The quantitative estimate of drug-likeness (QED) is 0.859. The lowest BCUT2D eigenvalue weighted by atomic mass is 10.1. The number of nitrogens with two attached hydrogens (primary N) is 1. The van der Waals surface area contributed by atoms with Gasteiger partial charge in [0.1, 0.15) is 0 Å². The highest BCUT2D eigenvalue weighted by Gasteiger charge is 2.17. The fourth-order valence-electron chi connectivity index (χ4n) is 1.73. The highest BCUT2D eigenvalue weighted by molar-refractivity contribution is 7.86. The molecule has 0 aliphatic heterocycles. The summed E-state index contributed by atoms with van der Waals surface area (Å²) in [4.78, 5) is 0.142. The maximum Gasteiger partial charge on any atom is 0.297 e. The summed E-state index contributed by atoms with van der Waals surface area (Å²) in [6.45, 7) is 1.81. The van der Waals surface area contributed by atoms with E-state index in [1.165, 1.54) is 12.1 Å². The van der Waals surface area contributed by atoms with E-state index in [-0.39, 0.29) is 11.5 Å². The van der Waals surface area contributed by atoms with Gasteiger partial charge in [0.15, 0.2) is 0 Å². The Bertz CT molecular complexity index is 651. The van der Waals surface area contributed by atoms with Gasteiger partial charge in [-0.25, -0.2) is 0 Å². The molecular weight excluding hydrogens is 274 g/mol. The molecule has 2 rings (SSSR count). The number of hydrogen-bond donors (Lipinski definition) is 1. The van der Waals surface area contributed by atoms with Crippen LogP contribution in [0.2, 0.25) is 0 Å². The molecule has 0 aromatic heterocycles. The maximum atomic E-state index is 12.0. The van der Waals surface area contributed by atoms with E-state index in [1.807, 2.05) is 37.3 Å². The van der Waals surface area contributed by atoms with Crippen LogP contribution in [0, 0.1) is 6.92 Å². The molecule has 106 valence electrons. The average Bonchev–Trinajstić information content (AvgIpc) is 2.46. The fraction of sp³-hybridized carbons (Fsp3) is 0.200. The van der Waals surface area contributed by atoms with E-state index in [0.29, 0.717) is 0 Å². The Morgan fingerprint density at radius 1 is 1.05 bits per heavy atom. The van der Waals surface area contributed by atoms with Crippen molar-refractivity contribution in [1.82, 2.24) is 0 Å². The highest BCUT2D eigenvalue weighted by atomic mass is 32.2. The summed E-state index contributed by atoms with van der Waals surface area (Å²) in [6.07, 6.45) is 0. The highest BCUT2D eigenvalue weighted by Crippen LogP contribution is 2.16. The number of hydrogen-bond acceptors (Lipinski definition) is 4. The van der Waals surface area contributed by atoms with Crippen molar-refractivity contribution >= 4 is 10.1 Å². The SMILES string of the molecule is Cc1ccc(S(=O)(=O)OC[C@H](N)c2ccccc2)cc1. The standard InChI is InChI=1S/C15H17NO3S/c1-12-7-9-14(10-8-12)20(17,18)19-11-15(16)13-5-3-2-4-6-13/h2-10,15H,11,16H2,1H3/t15-/m0/s1. The third kappa shape index (κ3) is 3.66. The molecule has 20 heavy (non-hydrogen) atoms. The van der Waals surface area contributed by atoms with E-state index in [4.69, 9.17) is 9.92 Å². The first-order valence-electron chi connectivity index (χ1n) is 6.26. The summed E-state index contributed by atoms with van der Waals surface area (Å²) < 4.78 is 29.0. The second-order valence-corrected chi connectivity index (χ2v) is 6.18. The minimum absolute atomic E-state index is 0.0831. The van der Waals surface area contributed by atoms with Crippen LogP contribution < -0.4 is 5.73 Å². The molecule has 0 unspecified atom stereocenters. The lowest BCUT2D eigenvalue weighted by Crippen LogP contribution is -2.20. The summed E-state index contributed by atoms with van der Waals surface area (Å²) in [6, 6.07) is 15.3. The molecule has 0 spiro atoms. The van der Waals surface area contributed by atoms with Crippen LogP contribution in [0.5, 0.6) is 0 Å². The average molecular weight is 291 g/mol. The zero-order chi connectivity index (χ0) is 14.6. The fourth-order valence-corrected chi connectivity index (χ4v) is 2.66.